The number of hydrogen-bond donors (Lipinski definition) is 1. The number of hydrogen-bond acceptors (Lipinski definition) is 1. The maximum atomic E-state index is 3.60. The van der Waals surface area contributed by atoms with Gasteiger partial charge in [0.2, 0.25) is 0 Å². The molecule has 0 fully saturated rings. The first kappa shape index (κ1) is 14.8. The summed E-state index contributed by atoms with van der Waals surface area (Å²) >= 11 is 0. The summed E-state index contributed by atoms with van der Waals surface area (Å²) in [4.78, 5) is 0. The second kappa shape index (κ2) is 6.71. The monoisotopic (exact) mass is 267 g/mol. The Bertz CT molecular complexity index is 540. The highest BCUT2D eigenvalue weighted by Crippen LogP contribution is 2.18. The third kappa shape index (κ3) is 3.71. The fourth-order valence-corrected chi connectivity index (χ4v) is 2.47. The van der Waals surface area contributed by atoms with Crippen molar-refractivity contribution in [3.05, 3.63) is 70.8 Å². The molecular weight excluding hydrogens is 242 g/mol. The normalized spacial score (nSPS) is 12.7. The van der Waals surface area contributed by atoms with Gasteiger partial charge in [0.05, 0.1) is 0 Å². The van der Waals surface area contributed by atoms with Crippen LogP contribution in [0.25, 0.3) is 0 Å². The lowest BCUT2D eigenvalue weighted by atomic mass is 10.0. The highest BCUT2D eigenvalue weighted by molar-refractivity contribution is 5.29. The molecule has 0 radical (unpaired) electrons. The van der Waals surface area contributed by atoms with Crippen molar-refractivity contribution in [2.75, 3.05) is 0 Å². The first-order chi connectivity index (χ1) is 9.58. The first-order valence-corrected chi connectivity index (χ1v) is 7.45. The van der Waals surface area contributed by atoms with Crippen molar-refractivity contribution in [2.24, 2.45) is 0 Å². The van der Waals surface area contributed by atoms with Gasteiger partial charge in [-0.05, 0) is 42.0 Å². The molecule has 0 aliphatic heterocycles. The fourth-order valence-electron chi connectivity index (χ4n) is 2.47. The molecule has 0 bridgehead atoms. The van der Waals surface area contributed by atoms with Crippen LogP contribution in [0.2, 0.25) is 0 Å². The van der Waals surface area contributed by atoms with Crippen LogP contribution in [0.1, 0.15) is 55.0 Å². The Morgan fingerprint density at radius 2 is 1.55 bits per heavy atom. The summed E-state index contributed by atoms with van der Waals surface area (Å²) in [5.74, 6) is 0.600. The van der Waals surface area contributed by atoms with Crippen molar-refractivity contribution in [3.8, 4) is 0 Å². The van der Waals surface area contributed by atoms with Crippen molar-refractivity contribution >= 4 is 0 Å². The lowest BCUT2D eigenvalue weighted by Gasteiger charge is -2.17. The zero-order valence-electron chi connectivity index (χ0n) is 13.0. The molecule has 2 rings (SSSR count). The van der Waals surface area contributed by atoms with Gasteiger partial charge in [-0.2, -0.15) is 0 Å². The van der Waals surface area contributed by atoms with Gasteiger partial charge >= 0.3 is 0 Å². The van der Waals surface area contributed by atoms with E-state index < -0.39 is 0 Å². The third-order valence-electron chi connectivity index (χ3n) is 3.91. The van der Waals surface area contributed by atoms with Crippen molar-refractivity contribution in [3.63, 3.8) is 0 Å². The van der Waals surface area contributed by atoms with Gasteiger partial charge < -0.3 is 5.32 Å². The zero-order chi connectivity index (χ0) is 14.5. The largest absolute Gasteiger partial charge is 0.306 e. The van der Waals surface area contributed by atoms with Gasteiger partial charge in [0.1, 0.15) is 0 Å². The van der Waals surface area contributed by atoms with Crippen LogP contribution in [-0.2, 0) is 6.54 Å². The fraction of sp³-hybridized carbons (Fsp3) is 0.368. The molecule has 1 N–H and O–H groups in total. The van der Waals surface area contributed by atoms with Crippen LogP contribution in [0.3, 0.4) is 0 Å². The molecule has 1 heteroatoms. The molecular formula is C19H25N. The van der Waals surface area contributed by atoms with Crippen LogP contribution in [-0.4, -0.2) is 0 Å². The van der Waals surface area contributed by atoms with Crippen molar-refractivity contribution in [1.82, 2.24) is 5.32 Å². The Hall–Kier alpha value is -1.60. The van der Waals surface area contributed by atoms with E-state index in [1.54, 1.807) is 0 Å². The summed E-state index contributed by atoms with van der Waals surface area (Å²) in [6, 6.07) is 17.9. The molecule has 1 nitrogen and oxygen atoms in total. The minimum absolute atomic E-state index is 0.376. The average Bonchev–Trinajstić information content (AvgIpc) is 2.45. The highest BCUT2D eigenvalue weighted by atomic mass is 14.9. The van der Waals surface area contributed by atoms with E-state index in [0.29, 0.717) is 12.0 Å². The summed E-state index contributed by atoms with van der Waals surface area (Å²) in [5.41, 5.74) is 5.48. The standard InChI is InChI=1S/C19H25N/c1-14(2)18-11-9-17(10-12-18)13-20-16(4)19-8-6-5-7-15(19)3/h5-12,14,16,20H,13H2,1-4H3/t16-/m1/s1. The molecule has 2 aromatic rings. The molecule has 0 aromatic heterocycles. The molecule has 0 aliphatic rings. The molecule has 0 unspecified atom stereocenters. The van der Waals surface area contributed by atoms with Crippen LogP contribution in [0.5, 0.6) is 0 Å². The van der Waals surface area contributed by atoms with E-state index in [1.807, 2.05) is 0 Å². The van der Waals surface area contributed by atoms with Crippen LogP contribution in [0, 0.1) is 6.92 Å². The van der Waals surface area contributed by atoms with Crippen LogP contribution in [0.4, 0.5) is 0 Å². The SMILES string of the molecule is Cc1ccccc1[C@@H](C)NCc1ccc(C(C)C)cc1. The van der Waals surface area contributed by atoms with Crippen molar-refractivity contribution in [1.29, 1.82) is 0 Å². The Morgan fingerprint density at radius 3 is 2.15 bits per heavy atom. The summed E-state index contributed by atoms with van der Waals surface area (Å²) in [6.07, 6.45) is 0. The van der Waals surface area contributed by atoms with E-state index in [1.165, 1.54) is 22.3 Å². The van der Waals surface area contributed by atoms with Gasteiger partial charge in [-0.3, -0.25) is 0 Å². The minimum Gasteiger partial charge on any atom is -0.306 e. The molecule has 20 heavy (non-hydrogen) atoms. The Morgan fingerprint density at radius 1 is 0.900 bits per heavy atom. The van der Waals surface area contributed by atoms with Crippen LogP contribution < -0.4 is 5.32 Å². The van der Waals surface area contributed by atoms with Gasteiger partial charge in [0, 0.05) is 12.6 Å². The summed E-state index contributed by atoms with van der Waals surface area (Å²) < 4.78 is 0. The zero-order valence-corrected chi connectivity index (χ0v) is 13.0. The molecule has 1 atom stereocenters. The second-order valence-corrected chi connectivity index (χ2v) is 5.86. The van der Waals surface area contributed by atoms with Gasteiger partial charge in [0.25, 0.3) is 0 Å². The van der Waals surface area contributed by atoms with Crippen molar-refractivity contribution in [2.45, 2.75) is 46.2 Å². The lowest BCUT2D eigenvalue weighted by molar-refractivity contribution is 0.572. The van der Waals surface area contributed by atoms with Crippen LogP contribution in [0.15, 0.2) is 48.5 Å². The highest BCUT2D eigenvalue weighted by Gasteiger charge is 2.07. The molecule has 0 saturated heterocycles. The molecule has 0 aliphatic carbocycles. The minimum atomic E-state index is 0.376. The molecule has 106 valence electrons. The summed E-state index contributed by atoms with van der Waals surface area (Å²) in [7, 11) is 0. The van der Waals surface area contributed by atoms with E-state index in [4.69, 9.17) is 0 Å². The molecule has 0 saturated carbocycles. The van der Waals surface area contributed by atoms with E-state index in [-0.39, 0.29) is 0 Å². The number of rotatable bonds is 5. The quantitative estimate of drug-likeness (QED) is 0.806. The number of nitrogens with one attached hydrogen (secondary N) is 1. The smallest absolute Gasteiger partial charge is 0.0297 e. The van der Waals surface area contributed by atoms with Gasteiger partial charge in [0.15, 0.2) is 0 Å². The Labute approximate surface area is 123 Å². The predicted octanol–water partition coefficient (Wildman–Crippen LogP) is 4.97. The third-order valence-corrected chi connectivity index (χ3v) is 3.91. The van der Waals surface area contributed by atoms with Gasteiger partial charge in [-0.1, -0.05) is 62.4 Å². The maximum Gasteiger partial charge on any atom is 0.0297 e. The van der Waals surface area contributed by atoms with E-state index >= 15 is 0 Å². The number of aryl methyl sites for hydroxylation is 1. The topological polar surface area (TPSA) is 12.0 Å². The summed E-state index contributed by atoms with van der Waals surface area (Å²) in [6.45, 7) is 9.77. The Balaban J connectivity index is 1.96. The second-order valence-electron chi connectivity index (χ2n) is 5.86. The van der Waals surface area contributed by atoms with Gasteiger partial charge in [-0.25, -0.2) is 0 Å². The van der Waals surface area contributed by atoms with Gasteiger partial charge in [-0.15, -0.1) is 0 Å². The Kier molecular flexibility index (Phi) is 4.97. The van der Waals surface area contributed by atoms with E-state index in [9.17, 15) is 0 Å². The predicted molar refractivity (Wildman–Crippen MR) is 87.0 cm³/mol. The lowest BCUT2D eigenvalue weighted by Crippen LogP contribution is -2.18. The molecule has 0 spiro atoms. The molecule has 0 amide bonds. The van der Waals surface area contributed by atoms with Crippen LogP contribution >= 0.6 is 0 Å². The molecule has 2 aromatic carbocycles. The van der Waals surface area contributed by atoms with E-state index in [2.05, 4.69) is 81.5 Å². The van der Waals surface area contributed by atoms with Crippen molar-refractivity contribution < 1.29 is 0 Å². The number of benzene rings is 2. The average molecular weight is 267 g/mol. The van der Waals surface area contributed by atoms with E-state index in [0.717, 1.165) is 6.54 Å². The maximum absolute atomic E-state index is 3.60. The summed E-state index contributed by atoms with van der Waals surface area (Å²) in [5, 5.41) is 3.60. The molecule has 0 heterocycles. The first-order valence-electron chi connectivity index (χ1n) is 7.45.